The van der Waals surface area contributed by atoms with E-state index in [1.807, 2.05) is 36.9 Å². The molecular formula is C16H21N3O2. The molecule has 1 saturated heterocycles. The zero-order valence-electron chi connectivity index (χ0n) is 12.6. The van der Waals surface area contributed by atoms with E-state index in [-0.39, 0.29) is 11.9 Å². The smallest absolute Gasteiger partial charge is 0.244 e. The summed E-state index contributed by atoms with van der Waals surface area (Å²) in [6, 6.07) is 5.54. The second kappa shape index (κ2) is 5.76. The van der Waals surface area contributed by atoms with Crippen molar-refractivity contribution in [1.29, 1.82) is 0 Å². The molecule has 1 amide bonds. The number of anilines is 1. The molecule has 1 aliphatic heterocycles. The number of carbonyl (C=O) groups excluding carboxylic acids is 1. The standard InChI is InChI=1S/C16H21N3O2/c1-3-15-18-13-10-12(6-7-14(13)21-15)17-11(2)16(20)19-8-4-5-9-19/h6-7,10-11,17H,3-5,8-9H2,1-2H3. The topological polar surface area (TPSA) is 58.4 Å². The fourth-order valence-electron chi connectivity index (χ4n) is 2.74. The molecule has 2 heterocycles. The molecule has 1 aliphatic rings. The molecule has 1 unspecified atom stereocenters. The van der Waals surface area contributed by atoms with E-state index < -0.39 is 0 Å². The number of aromatic nitrogens is 1. The number of fused-ring (bicyclic) bond motifs is 1. The first kappa shape index (κ1) is 13.9. The summed E-state index contributed by atoms with van der Waals surface area (Å²) >= 11 is 0. The Morgan fingerprint density at radius 3 is 2.90 bits per heavy atom. The quantitative estimate of drug-likeness (QED) is 0.939. The van der Waals surface area contributed by atoms with E-state index in [4.69, 9.17) is 4.42 Å². The predicted octanol–water partition coefficient (Wildman–Crippen LogP) is 2.81. The summed E-state index contributed by atoms with van der Waals surface area (Å²) in [5.41, 5.74) is 2.52. The minimum absolute atomic E-state index is 0.169. The van der Waals surface area contributed by atoms with Crippen molar-refractivity contribution < 1.29 is 9.21 Å². The molecule has 112 valence electrons. The highest BCUT2D eigenvalue weighted by Crippen LogP contribution is 2.21. The lowest BCUT2D eigenvalue weighted by atomic mass is 10.2. The van der Waals surface area contributed by atoms with Crippen LogP contribution in [-0.2, 0) is 11.2 Å². The van der Waals surface area contributed by atoms with Gasteiger partial charge in [0.1, 0.15) is 11.6 Å². The molecule has 5 nitrogen and oxygen atoms in total. The summed E-state index contributed by atoms with van der Waals surface area (Å²) in [7, 11) is 0. The van der Waals surface area contributed by atoms with Crippen molar-refractivity contribution in [3.8, 4) is 0 Å². The Balaban J connectivity index is 1.72. The number of amides is 1. The maximum absolute atomic E-state index is 12.3. The first-order valence-corrected chi connectivity index (χ1v) is 7.62. The Bertz CT molecular complexity index is 644. The normalized spacial score (nSPS) is 16.4. The molecule has 3 rings (SSSR count). The van der Waals surface area contributed by atoms with E-state index >= 15 is 0 Å². The van der Waals surface area contributed by atoms with E-state index in [2.05, 4.69) is 10.3 Å². The van der Waals surface area contributed by atoms with Gasteiger partial charge in [0.05, 0.1) is 0 Å². The van der Waals surface area contributed by atoms with Crippen LogP contribution in [0, 0.1) is 0 Å². The second-order valence-corrected chi connectivity index (χ2v) is 5.54. The summed E-state index contributed by atoms with van der Waals surface area (Å²) in [6.07, 6.45) is 3.01. The summed E-state index contributed by atoms with van der Waals surface area (Å²) in [4.78, 5) is 18.6. The number of rotatable bonds is 4. The van der Waals surface area contributed by atoms with E-state index in [1.165, 1.54) is 0 Å². The van der Waals surface area contributed by atoms with Gasteiger partial charge in [0, 0.05) is 25.2 Å². The molecule has 0 bridgehead atoms. The van der Waals surface area contributed by atoms with Crippen molar-refractivity contribution in [2.24, 2.45) is 0 Å². The average Bonchev–Trinajstić information content (AvgIpc) is 3.14. The van der Waals surface area contributed by atoms with Gasteiger partial charge in [-0.25, -0.2) is 4.98 Å². The number of hydrogen-bond donors (Lipinski definition) is 1. The molecule has 1 aromatic carbocycles. The summed E-state index contributed by atoms with van der Waals surface area (Å²) < 4.78 is 5.59. The molecular weight excluding hydrogens is 266 g/mol. The lowest BCUT2D eigenvalue weighted by Gasteiger charge is -2.21. The van der Waals surface area contributed by atoms with Crippen molar-refractivity contribution >= 4 is 22.7 Å². The fourth-order valence-corrected chi connectivity index (χ4v) is 2.74. The van der Waals surface area contributed by atoms with Crippen LogP contribution in [0.15, 0.2) is 22.6 Å². The van der Waals surface area contributed by atoms with Gasteiger partial charge in [-0.15, -0.1) is 0 Å². The number of nitrogens with one attached hydrogen (secondary N) is 1. The SMILES string of the molecule is CCc1nc2cc(NC(C)C(=O)N3CCCC3)ccc2o1. The number of oxazole rings is 1. The minimum Gasteiger partial charge on any atom is -0.441 e. The molecule has 0 saturated carbocycles. The van der Waals surface area contributed by atoms with Crippen LogP contribution in [-0.4, -0.2) is 34.9 Å². The Morgan fingerprint density at radius 1 is 1.43 bits per heavy atom. The number of likely N-dealkylation sites (tertiary alicyclic amines) is 1. The van der Waals surface area contributed by atoms with Crippen molar-refractivity contribution in [3.63, 3.8) is 0 Å². The highest BCUT2D eigenvalue weighted by Gasteiger charge is 2.23. The van der Waals surface area contributed by atoms with Crippen LogP contribution in [0.1, 0.15) is 32.6 Å². The van der Waals surface area contributed by atoms with Gasteiger partial charge in [-0.2, -0.15) is 0 Å². The van der Waals surface area contributed by atoms with Gasteiger partial charge in [-0.3, -0.25) is 4.79 Å². The Hall–Kier alpha value is -2.04. The molecule has 1 atom stereocenters. The monoisotopic (exact) mass is 287 g/mol. The van der Waals surface area contributed by atoms with Crippen molar-refractivity contribution in [2.75, 3.05) is 18.4 Å². The predicted molar refractivity (Wildman–Crippen MR) is 82.3 cm³/mol. The van der Waals surface area contributed by atoms with Crippen LogP contribution in [0.2, 0.25) is 0 Å². The number of benzene rings is 1. The van der Waals surface area contributed by atoms with Crippen LogP contribution in [0.3, 0.4) is 0 Å². The lowest BCUT2D eigenvalue weighted by Crippen LogP contribution is -2.39. The highest BCUT2D eigenvalue weighted by molar-refractivity contribution is 5.85. The zero-order chi connectivity index (χ0) is 14.8. The van der Waals surface area contributed by atoms with Gasteiger partial charge in [0.15, 0.2) is 11.5 Å². The second-order valence-electron chi connectivity index (χ2n) is 5.54. The Morgan fingerprint density at radius 2 is 2.19 bits per heavy atom. The zero-order valence-corrected chi connectivity index (χ0v) is 12.6. The fraction of sp³-hybridized carbons (Fsp3) is 0.500. The molecule has 5 heteroatoms. The summed E-state index contributed by atoms with van der Waals surface area (Å²) in [5, 5.41) is 3.27. The van der Waals surface area contributed by atoms with Crippen LogP contribution in [0.5, 0.6) is 0 Å². The van der Waals surface area contributed by atoms with Gasteiger partial charge >= 0.3 is 0 Å². The lowest BCUT2D eigenvalue weighted by molar-refractivity contribution is -0.130. The maximum atomic E-state index is 12.3. The van der Waals surface area contributed by atoms with Crippen molar-refractivity contribution in [2.45, 2.75) is 39.2 Å². The number of nitrogens with zero attached hydrogens (tertiary/aromatic N) is 2. The molecule has 21 heavy (non-hydrogen) atoms. The van der Waals surface area contributed by atoms with E-state index in [0.29, 0.717) is 0 Å². The molecule has 0 radical (unpaired) electrons. The molecule has 1 N–H and O–H groups in total. The highest BCUT2D eigenvalue weighted by atomic mass is 16.3. The van der Waals surface area contributed by atoms with E-state index in [1.54, 1.807) is 0 Å². The number of hydrogen-bond acceptors (Lipinski definition) is 4. The third-order valence-corrected chi connectivity index (χ3v) is 3.91. The van der Waals surface area contributed by atoms with Crippen molar-refractivity contribution in [3.05, 3.63) is 24.1 Å². The summed E-state index contributed by atoms with van der Waals surface area (Å²) in [5.74, 6) is 0.908. The summed E-state index contributed by atoms with van der Waals surface area (Å²) in [6.45, 7) is 5.69. The van der Waals surface area contributed by atoms with Crippen LogP contribution in [0.4, 0.5) is 5.69 Å². The third kappa shape index (κ3) is 2.86. The minimum atomic E-state index is -0.224. The van der Waals surface area contributed by atoms with E-state index in [0.717, 1.165) is 55.0 Å². The van der Waals surface area contributed by atoms with Crippen LogP contribution >= 0.6 is 0 Å². The van der Waals surface area contributed by atoms with Gasteiger partial charge in [0.2, 0.25) is 5.91 Å². The van der Waals surface area contributed by atoms with Gasteiger partial charge in [0.25, 0.3) is 0 Å². The van der Waals surface area contributed by atoms with Crippen molar-refractivity contribution in [1.82, 2.24) is 9.88 Å². The van der Waals surface area contributed by atoms with Crippen LogP contribution < -0.4 is 5.32 Å². The molecule has 1 aromatic heterocycles. The average molecular weight is 287 g/mol. The van der Waals surface area contributed by atoms with Gasteiger partial charge < -0.3 is 14.6 Å². The first-order chi connectivity index (χ1) is 10.2. The maximum Gasteiger partial charge on any atom is 0.244 e. The Labute approximate surface area is 124 Å². The third-order valence-electron chi connectivity index (χ3n) is 3.91. The van der Waals surface area contributed by atoms with Gasteiger partial charge in [-0.1, -0.05) is 6.92 Å². The first-order valence-electron chi connectivity index (χ1n) is 7.62. The molecule has 2 aromatic rings. The molecule has 0 aliphatic carbocycles. The molecule has 0 spiro atoms. The van der Waals surface area contributed by atoms with Gasteiger partial charge in [-0.05, 0) is 38.0 Å². The number of aryl methyl sites for hydroxylation is 1. The Kier molecular flexibility index (Phi) is 3.82. The van der Waals surface area contributed by atoms with Crippen LogP contribution in [0.25, 0.3) is 11.1 Å². The largest absolute Gasteiger partial charge is 0.441 e. The number of carbonyl (C=O) groups is 1. The molecule has 1 fully saturated rings. The van der Waals surface area contributed by atoms with E-state index in [9.17, 15) is 4.79 Å².